The van der Waals surface area contributed by atoms with Crippen LogP contribution in [0.25, 0.3) is 0 Å². The van der Waals surface area contributed by atoms with Gasteiger partial charge in [-0.2, -0.15) is 0 Å². The third-order valence-electron chi connectivity index (χ3n) is 3.34. The van der Waals surface area contributed by atoms with E-state index >= 15 is 0 Å². The highest BCUT2D eigenvalue weighted by Gasteiger charge is 2.30. The lowest BCUT2D eigenvalue weighted by atomic mass is 10.2. The molecule has 0 radical (unpaired) electrons. The second-order valence-corrected chi connectivity index (χ2v) is 7.99. The zero-order valence-electron chi connectivity index (χ0n) is 10.9. The Morgan fingerprint density at radius 3 is 2.89 bits per heavy atom. The van der Waals surface area contributed by atoms with Gasteiger partial charge < -0.3 is 4.74 Å². The van der Waals surface area contributed by atoms with Crippen LogP contribution in [0.3, 0.4) is 0 Å². The molecule has 6 heteroatoms. The molecule has 1 aromatic rings. The van der Waals surface area contributed by atoms with Gasteiger partial charge in [-0.15, -0.1) is 0 Å². The van der Waals surface area contributed by atoms with Crippen molar-refractivity contribution in [3.8, 4) is 5.75 Å². The molecule has 2 rings (SSSR count). The molecule has 19 heavy (non-hydrogen) atoms. The van der Waals surface area contributed by atoms with E-state index in [9.17, 15) is 8.42 Å². The van der Waals surface area contributed by atoms with Crippen molar-refractivity contribution in [2.24, 2.45) is 0 Å². The van der Waals surface area contributed by atoms with Crippen LogP contribution in [0, 0.1) is 0 Å². The maximum absolute atomic E-state index is 11.4. The van der Waals surface area contributed by atoms with E-state index in [2.05, 4.69) is 20.8 Å². The molecular weight excluding hydrogens is 330 g/mol. The van der Waals surface area contributed by atoms with Gasteiger partial charge in [-0.3, -0.25) is 4.90 Å². The van der Waals surface area contributed by atoms with Crippen molar-refractivity contribution in [2.75, 3.05) is 31.7 Å². The number of hydrogen-bond acceptors (Lipinski definition) is 4. The fraction of sp³-hybridized carbons (Fsp3) is 0.538. The molecular formula is C13H18BrNO3S. The summed E-state index contributed by atoms with van der Waals surface area (Å²) >= 11 is 3.39. The Morgan fingerprint density at radius 1 is 1.47 bits per heavy atom. The molecule has 1 aromatic carbocycles. The minimum absolute atomic E-state index is 0.135. The number of nitrogens with zero attached hydrogens (tertiary/aromatic N) is 1. The Morgan fingerprint density at radius 2 is 2.26 bits per heavy atom. The van der Waals surface area contributed by atoms with Crippen LogP contribution in [0.2, 0.25) is 0 Å². The molecule has 1 atom stereocenters. The summed E-state index contributed by atoms with van der Waals surface area (Å²) in [6.07, 6.45) is 0.732. The molecule has 1 fully saturated rings. The summed E-state index contributed by atoms with van der Waals surface area (Å²) in [6, 6.07) is 7.83. The van der Waals surface area contributed by atoms with Crippen molar-refractivity contribution in [2.45, 2.75) is 12.5 Å². The molecule has 0 bridgehead atoms. The Balaban J connectivity index is 1.77. The van der Waals surface area contributed by atoms with Gasteiger partial charge in [-0.05, 0) is 31.7 Å². The third kappa shape index (κ3) is 4.47. The van der Waals surface area contributed by atoms with Crippen molar-refractivity contribution in [3.63, 3.8) is 0 Å². The van der Waals surface area contributed by atoms with Crippen molar-refractivity contribution < 1.29 is 13.2 Å². The van der Waals surface area contributed by atoms with E-state index in [1.165, 1.54) is 0 Å². The molecule has 1 saturated heterocycles. The predicted octanol–water partition coefficient (Wildman–Crippen LogP) is 1.95. The first kappa shape index (κ1) is 14.8. The number of hydrogen-bond donors (Lipinski definition) is 0. The molecule has 1 aliphatic heterocycles. The molecule has 0 saturated carbocycles. The minimum Gasteiger partial charge on any atom is -0.492 e. The van der Waals surface area contributed by atoms with E-state index in [-0.39, 0.29) is 11.8 Å². The minimum atomic E-state index is -2.81. The van der Waals surface area contributed by atoms with E-state index in [1.54, 1.807) is 0 Å². The summed E-state index contributed by atoms with van der Waals surface area (Å²) in [6.45, 7) is 1.29. The van der Waals surface area contributed by atoms with Crippen molar-refractivity contribution in [1.29, 1.82) is 0 Å². The van der Waals surface area contributed by atoms with Gasteiger partial charge in [0.15, 0.2) is 9.84 Å². The molecule has 4 nitrogen and oxygen atoms in total. The normalized spacial score (nSPS) is 21.7. The fourth-order valence-electron chi connectivity index (χ4n) is 2.17. The Labute approximate surface area is 122 Å². The molecule has 1 unspecified atom stereocenters. The van der Waals surface area contributed by atoms with E-state index < -0.39 is 9.84 Å². The summed E-state index contributed by atoms with van der Waals surface area (Å²) in [5, 5.41) is 0. The first-order valence-corrected chi connectivity index (χ1v) is 8.87. The lowest BCUT2D eigenvalue weighted by molar-refractivity contribution is 0.202. The fourth-order valence-corrected chi connectivity index (χ4v) is 4.35. The number of halogens is 1. The first-order chi connectivity index (χ1) is 8.96. The average molecular weight is 348 g/mol. The summed E-state index contributed by atoms with van der Waals surface area (Å²) in [5.41, 5.74) is 0. The standard InChI is InChI=1S/C13H18BrNO3S/c1-15(12-5-8-19(16,17)10-12)6-7-18-13-4-2-3-11(14)9-13/h2-4,9,12H,5-8,10H2,1H3. The lowest BCUT2D eigenvalue weighted by Gasteiger charge is -2.22. The zero-order valence-corrected chi connectivity index (χ0v) is 13.3. The Hall–Kier alpha value is -0.590. The van der Waals surface area contributed by atoms with Gasteiger partial charge in [0.25, 0.3) is 0 Å². The van der Waals surface area contributed by atoms with Crippen LogP contribution >= 0.6 is 15.9 Å². The predicted molar refractivity (Wildman–Crippen MR) is 79.3 cm³/mol. The van der Waals surface area contributed by atoms with E-state index in [0.717, 1.165) is 23.2 Å². The summed E-state index contributed by atoms with van der Waals surface area (Å²) < 4.78 is 29.5. The SMILES string of the molecule is CN(CCOc1cccc(Br)c1)C1CCS(=O)(=O)C1. The van der Waals surface area contributed by atoms with Gasteiger partial charge in [-0.1, -0.05) is 22.0 Å². The maximum Gasteiger partial charge on any atom is 0.151 e. The van der Waals surface area contributed by atoms with Crippen LogP contribution < -0.4 is 4.74 Å². The molecule has 0 aliphatic carbocycles. The molecule has 1 heterocycles. The monoisotopic (exact) mass is 347 g/mol. The number of sulfone groups is 1. The summed E-state index contributed by atoms with van der Waals surface area (Å²) in [5.74, 6) is 1.41. The smallest absolute Gasteiger partial charge is 0.151 e. The van der Waals surface area contributed by atoms with Crippen LogP contribution in [-0.2, 0) is 9.84 Å². The van der Waals surface area contributed by atoms with Crippen LogP contribution in [0.5, 0.6) is 5.75 Å². The second kappa shape index (κ2) is 6.24. The van der Waals surface area contributed by atoms with Crippen molar-refractivity contribution >= 4 is 25.8 Å². The number of ether oxygens (including phenoxy) is 1. The molecule has 1 aliphatic rings. The van der Waals surface area contributed by atoms with Crippen molar-refractivity contribution in [3.05, 3.63) is 28.7 Å². The van der Waals surface area contributed by atoms with Crippen LogP contribution in [0.1, 0.15) is 6.42 Å². The Kier molecular flexibility index (Phi) is 4.86. The molecule has 0 aromatic heterocycles. The molecule has 106 valence electrons. The largest absolute Gasteiger partial charge is 0.492 e. The number of benzene rings is 1. The van der Waals surface area contributed by atoms with Gasteiger partial charge in [0.2, 0.25) is 0 Å². The van der Waals surface area contributed by atoms with E-state index in [4.69, 9.17) is 4.74 Å². The van der Waals surface area contributed by atoms with Crippen LogP contribution in [-0.4, -0.2) is 51.1 Å². The van der Waals surface area contributed by atoms with Gasteiger partial charge >= 0.3 is 0 Å². The van der Waals surface area contributed by atoms with Gasteiger partial charge in [0, 0.05) is 17.1 Å². The highest BCUT2D eigenvalue weighted by molar-refractivity contribution is 9.10. The topological polar surface area (TPSA) is 46.6 Å². The van der Waals surface area contributed by atoms with Gasteiger partial charge in [0.1, 0.15) is 12.4 Å². The van der Waals surface area contributed by atoms with Crippen molar-refractivity contribution in [1.82, 2.24) is 4.90 Å². The van der Waals surface area contributed by atoms with Crippen LogP contribution in [0.4, 0.5) is 0 Å². The summed E-state index contributed by atoms with van der Waals surface area (Å²) in [4.78, 5) is 2.07. The van der Waals surface area contributed by atoms with Gasteiger partial charge in [-0.25, -0.2) is 8.42 Å². The average Bonchev–Trinajstić information content (AvgIpc) is 2.70. The lowest BCUT2D eigenvalue weighted by Crippen LogP contribution is -2.35. The van der Waals surface area contributed by atoms with E-state index in [0.29, 0.717) is 12.4 Å². The highest BCUT2D eigenvalue weighted by Crippen LogP contribution is 2.18. The number of rotatable bonds is 5. The highest BCUT2D eigenvalue weighted by atomic mass is 79.9. The second-order valence-electron chi connectivity index (χ2n) is 4.84. The molecule has 0 N–H and O–H groups in total. The van der Waals surface area contributed by atoms with E-state index in [1.807, 2.05) is 31.3 Å². The maximum atomic E-state index is 11.4. The summed E-state index contributed by atoms with van der Waals surface area (Å²) in [7, 11) is -0.858. The first-order valence-electron chi connectivity index (χ1n) is 6.25. The van der Waals surface area contributed by atoms with Gasteiger partial charge in [0.05, 0.1) is 11.5 Å². The molecule has 0 amide bonds. The third-order valence-corrected chi connectivity index (χ3v) is 5.58. The zero-order chi connectivity index (χ0) is 13.9. The molecule has 0 spiro atoms. The quantitative estimate of drug-likeness (QED) is 0.816. The Bertz CT molecular complexity index is 532. The van der Waals surface area contributed by atoms with Crippen LogP contribution in [0.15, 0.2) is 28.7 Å². The number of likely N-dealkylation sites (N-methyl/N-ethyl adjacent to an activating group) is 1.